The van der Waals surface area contributed by atoms with Crippen LogP contribution >= 0.6 is 0 Å². The number of ether oxygens (including phenoxy) is 1. The van der Waals surface area contributed by atoms with Crippen molar-refractivity contribution in [3.8, 4) is 5.88 Å². The Bertz CT molecular complexity index is 801. The number of carbonyl (C=O) groups is 1. The molecular weight excluding hydrogens is 306 g/mol. The van der Waals surface area contributed by atoms with Gasteiger partial charge in [-0.25, -0.2) is 8.42 Å². The van der Waals surface area contributed by atoms with Crippen molar-refractivity contribution in [2.24, 2.45) is 0 Å². The molecule has 1 atom stereocenters. The second kappa shape index (κ2) is 5.88. The predicted molar refractivity (Wildman–Crippen MR) is 80.2 cm³/mol. The Morgan fingerprint density at radius 1 is 1.36 bits per heavy atom. The highest BCUT2D eigenvalue weighted by atomic mass is 32.2. The minimum Gasteiger partial charge on any atom is -0.466 e. The maximum atomic E-state index is 11.8. The van der Waals surface area contributed by atoms with Crippen LogP contribution in [0.15, 0.2) is 30.5 Å². The molecule has 0 spiro atoms. The zero-order chi connectivity index (χ0) is 15.6. The molecule has 22 heavy (non-hydrogen) atoms. The first-order valence-corrected chi connectivity index (χ1v) is 8.69. The van der Waals surface area contributed by atoms with Crippen LogP contribution in [-0.2, 0) is 14.6 Å². The van der Waals surface area contributed by atoms with E-state index in [1.807, 2.05) is 24.3 Å². The van der Waals surface area contributed by atoms with Gasteiger partial charge in [0.25, 0.3) is 5.91 Å². The molecule has 1 aliphatic heterocycles. The second-order valence-corrected chi connectivity index (χ2v) is 7.42. The molecule has 2 aromatic rings. The molecule has 116 valence electrons. The van der Waals surface area contributed by atoms with Crippen molar-refractivity contribution in [1.29, 1.82) is 0 Å². The number of fused-ring (bicyclic) bond motifs is 1. The third-order valence-corrected chi connectivity index (χ3v) is 5.24. The highest BCUT2D eigenvalue weighted by Crippen LogP contribution is 2.21. The van der Waals surface area contributed by atoms with Crippen LogP contribution in [0.3, 0.4) is 0 Å². The van der Waals surface area contributed by atoms with Gasteiger partial charge in [0.15, 0.2) is 16.4 Å². The van der Waals surface area contributed by atoms with E-state index in [-0.39, 0.29) is 35.9 Å². The molecule has 1 aromatic heterocycles. The molecule has 1 N–H and O–H groups in total. The summed E-state index contributed by atoms with van der Waals surface area (Å²) in [5, 5.41) is 12.0. The first kappa shape index (κ1) is 14.7. The van der Waals surface area contributed by atoms with E-state index < -0.39 is 9.84 Å². The zero-order valence-corrected chi connectivity index (χ0v) is 12.5. The normalized spacial score (nSPS) is 19.9. The van der Waals surface area contributed by atoms with Crippen molar-refractivity contribution in [2.75, 3.05) is 18.1 Å². The number of benzene rings is 1. The first-order chi connectivity index (χ1) is 10.5. The van der Waals surface area contributed by atoms with Gasteiger partial charge in [-0.05, 0) is 12.5 Å². The van der Waals surface area contributed by atoms with E-state index in [9.17, 15) is 13.2 Å². The van der Waals surface area contributed by atoms with E-state index in [1.165, 1.54) is 0 Å². The molecule has 1 fully saturated rings. The average Bonchev–Trinajstić information content (AvgIpc) is 2.84. The van der Waals surface area contributed by atoms with Gasteiger partial charge in [-0.2, -0.15) is 5.10 Å². The number of hydrogen-bond acceptors (Lipinski definition) is 6. The van der Waals surface area contributed by atoms with Gasteiger partial charge in [0.2, 0.25) is 5.88 Å². The Morgan fingerprint density at radius 3 is 2.95 bits per heavy atom. The summed E-state index contributed by atoms with van der Waals surface area (Å²) in [6.45, 7) is -0.223. The molecule has 1 aromatic carbocycles. The van der Waals surface area contributed by atoms with Gasteiger partial charge in [-0.1, -0.05) is 18.2 Å². The number of aromatic nitrogens is 2. The van der Waals surface area contributed by atoms with Crippen molar-refractivity contribution in [2.45, 2.75) is 12.5 Å². The Kier molecular flexibility index (Phi) is 3.93. The molecule has 7 nitrogen and oxygen atoms in total. The molecule has 8 heteroatoms. The largest absolute Gasteiger partial charge is 0.466 e. The topological polar surface area (TPSA) is 98.2 Å². The lowest BCUT2D eigenvalue weighted by molar-refractivity contribution is -0.123. The van der Waals surface area contributed by atoms with Crippen LogP contribution in [0.4, 0.5) is 0 Å². The van der Waals surface area contributed by atoms with Crippen molar-refractivity contribution >= 4 is 26.5 Å². The van der Waals surface area contributed by atoms with Gasteiger partial charge in [0.1, 0.15) is 0 Å². The van der Waals surface area contributed by atoms with Gasteiger partial charge in [-0.3, -0.25) is 4.79 Å². The molecule has 0 radical (unpaired) electrons. The van der Waals surface area contributed by atoms with Crippen LogP contribution < -0.4 is 10.1 Å². The summed E-state index contributed by atoms with van der Waals surface area (Å²) in [6.07, 6.45) is 2.06. The summed E-state index contributed by atoms with van der Waals surface area (Å²) in [7, 11) is -3.01. The van der Waals surface area contributed by atoms with Gasteiger partial charge >= 0.3 is 0 Å². The summed E-state index contributed by atoms with van der Waals surface area (Å²) in [4.78, 5) is 11.8. The van der Waals surface area contributed by atoms with Crippen molar-refractivity contribution in [1.82, 2.24) is 15.5 Å². The maximum absolute atomic E-state index is 11.8. The van der Waals surface area contributed by atoms with Gasteiger partial charge < -0.3 is 10.1 Å². The van der Waals surface area contributed by atoms with Crippen LogP contribution in [0.25, 0.3) is 10.8 Å². The van der Waals surface area contributed by atoms with Gasteiger partial charge in [-0.15, -0.1) is 5.10 Å². The highest BCUT2D eigenvalue weighted by molar-refractivity contribution is 7.91. The molecule has 0 saturated carbocycles. The van der Waals surface area contributed by atoms with E-state index in [4.69, 9.17) is 4.74 Å². The van der Waals surface area contributed by atoms with Gasteiger partial charge in [0.05, 0.1) is 17.7 Å². The third-order valence-electron chi connectivity index (χ3n) is 3.47. The number of hydrogen-bond donors (Lipinski definition) is 1. The molecule has 1 unspecified atom stereocenters. The van der Waals surface area contributed by atoms with E-state index in [2.05, 4.69) is 15.5 Å². The first-order valence-electron chi connectivity index (χ1n) is 6.86. The quantitative estimate of drug-likeness (QED) is 0.870. The number of nitrogens with one attached hydrogen (secondary N) is 1. The van der Waals surface area contributed by atoms with Crippen molar-refractivity contribution in [3.63, 3.8) is 0 Å². The maximum Gasteiger partial charge on any atom is 0.258 e. The van der Waals surface area contributed by atoms with Crippen LogP contribution in [0.2, 0.25) is 0 Å². The molecule has 1 saturated heterocycles. The Morgan fingerprint density at radius 2 is 2.18 bits per heavy atom. The van der Waals surface area contributed by atoms with Crippen molar-refractivity contribution < 1.29 is 17.9 Å². The fourth-order valence-corrected chi connectivity index (χ4v) is 4.09. The second-order valence-electron chi connectivity index (χ2n) is 5.19. The number of carbonyl (C=O) groups excluding carboxylic acids is 1. The van der Waals surface area contributed by atoms with E-state index in [1.54, 1.807) is 6.20 Å². The molecule has 1 aliphatic rings. The predicted octanol–water partition coefficient (Wildman–Crippen LogP) is 0.312. The summed E-state index contributed by atoms with van der Waals surface area (Å²) < 4.78 is 28.1. The molecular formula is C14H15N3O4S. The molecule has 0 aliphatic carbocycles. The van der Waals surface area contributed by atoms with Crippen molar-refractivity contribution in [3.05, 3.63) is 30.5 Å². The summed E-state index contributed by atoms with van der Waals surface area (Å²) in [6, 6.07) is 7.10. The average molecular weight is 321 g/mol. The fraction of sp³-hybridized carbons (Fsp3) is 0.357. The minimum atomic E-state index is -3.01. The zero-order valence-electron chi connectivity index (χ0n) is 11.7. The molecule has 1 amide bonds. The lowest BCUT2D eigenvalue weighted by Crippen LogP contribution is -2.38. The number of nitrogens with zero attached hydrogens (tertiary/aromatic N) is 2. The lowest BCUT2D eigenvalue weighted by atomic mass is 10.2. The highest BCUT2D eigenvalue weighted by Gasteiger charge is 2.28. The van der Waals surface area contributed by atoms with E-state index in [0.717, 1.165) is 10.8 Å². The summed E-state index contributed by atoms with van der Waals surface area (Å²) in [5.41, 5.74) is 0. The summed E-state index contributed by atoms with van der Waals surface area (Å²) in [5.74, 6) is 0.0320. The van der Waals surface area contributed by atoms with Crippen LogP contribution in [0.5, 0.6) is 5.88 Å². The monoisotopic (exact) mass is 321 g/mol. The summed E-state index contributed by atoms with van der Waals surface area (Å²) >= 11 is 0. The minimum absolute atomic E-state index is 0.00713. The number of sulfone groups is 1. The third kappa shape index (κ3) is 3.33. The molecule has 2 heterocycles. The number of amides is 1. The molecule has 3 rings (SSSR count). The van der Waals surface area contributed by atoms with Gasteiger partial charge in [0, 0.05) is 16.8 Å². The Balaban J connectivity index is 1.61. The standard InChI is InChI=1S/C14H15N3O4S/c18-13(16-11-5-6-22(19,20)9-11)8-21-14-12-4-2-1-3-10(12)7-15-17-14/h1-4,7,11H,5-6,8-9H2,(H,16,18). The van der Waals surface area contributed by atoms with E-state index >= 15 is 0 Å². The fourth-order valence-electron chi connectivity index (χ4n) is 2.42. The smallest absolute Gasteiger partial charge is 0.258 e. The SMILES string of the molecule is O=C(COc1nncc2ccccc12)NC1CCS(=O)(=O)C1. The van der Waals surface area contributed by atoms with Crippen LogP contribution in [0.1, 0.15) is 6.42 Å². The molecule has 0 bridgehead atoms. The van der Waals surface area contributed by atoms with E-state index in [0.29, 0.717) is 6.42 Å². The van der Waals surface area contributed by atoms with Crippen LogP contribution in [0, 0.1) is 0 Å². The van der Waals surface area contributed by atoms with Crippen LogP contribution in [-0.4, -0.2) is 48.7 Å². The Labute approximate surface area is 127 Å². The lowest BCUT2D eigenvalue weighted by Gasteiger charge is -2.11. The number of rotatable bonds is 4. The Hall–Kier alpha value is -2.22.